The van der Waals surface area contributed by atoms with Crippen LogP contribution in [0.4, 0.5) is 0 Å². The van der Waals surface area contributed by atoms with Crippen LogP contribution in [0, 0.1) is 11.8 Å². The molecule has 0 spiro atoms. The van der Waals surface area contributed by atoms with E-state index in [0.29, 0.717) is 25.8 Å². The summed E-state index contributed by atoms with van der Waals surface area (Å²) in [6, 6.07) is -1.43. The lowest BCUT2D eigenvalue weighted by molar-refractivity contribution is -0.153. The molecule has 156 valence electrons. The van der Waals surface area contributed by atoms with Crippen LogP contribution in [0.5, 0.6) is 0 Å². The Morgan fingerprint density at radius 1 is 1.26 bits per heavy atom. The zero-order valence-corrected chi connectivity index (χ0v) is 18.3. The molecule has 1 aliphatic rings. The molecule has 10 heteroatoms. The topological polar surface area (TPSA) is 87.7 Å². The Hall–Kier alpha value is -0.760. The fourth-order valence-electron chi connectivity index (χ4n) is 2.94. The van der Waals surface area contributed by atoms with Crippen LogP contribution in [-0.2, 0) is 19.1 Å². The first-order chi connectivity index (χ1) is 12.5. The van der Waals surface area contributed by atoms with Gasteiger partial charge >= 0.3 is 5.97 Å². The summed E-state index contributed by atoms with van der Waals surface area (Å²) in [6.45, 7) is 7.56. The van der Waals surface area contributed by atoms with Crippen molar-refractivity contribution in [1.29, 1.82) is 0 Å². The number of hydrogen-bond donors (Lipinski definition) is 2. The van der Waals surface area contributed by atoms with E-state index in [0.717, 1.165) is 0 Å². The highest BCUT2D eigenvalue weighted by atomic mass is 35.6. The molecule has 2 N–H and O–H groups in total. The van der Waals surface area contributed by atoms with Gasteiger partial charge in [0.1, 0.15) is 18.7 Å². The Morgan fingerprint density at radius 3 is 2.41 bits per heavy atom. The van der Waals surface area contributed by atoms with Crippen molar-refractivity contribution in [1.82, 2.24) is 15.8 Å². The summed E-state index contributed by atoms with van der Waals surface area (Å²) >= 11 is 16.7. The second-order valence-electron chi connectivity index (χ2n) is 7.03. The minimum atomic E-state index is -1.69. The summed E-state index contributed by atoms with van der Waals surface area (Å²) in [4.78, 5) is 37.1. The highest BCUT2D eigenvalue weighted by Gasteiger charge is 2.33. The summed E-state index contributed by atoms with van der Waals surface area (Å²) in [5.41, 5.74) is 2.84. The Labute approximate surface area is 175 Å². The minimum Gasteiger partial charge on any atom is -0.460 e. The van der Waals surface area contributed by atoms with Gasteiger partial charge in [-0.1, -0.05) is 55.6 Å². The van der Waals surface area contributed by atoms with Crippen LogP contribution in [0.3, 0.4) is 0 Å². The maximum atomic E-state index is 12.6. The Kier molecular flexibility index (Phi) is 9.62. The monoisotopic (exact) mass is 443 g/mol. The van der Waals surface area contributed by atoms with Gasteiger partial charge in [-0.15, -0.1) is 0 Å². The molecule has 1 fully saturated rings. The highest BCUT2D eigenvalue weighted by Crippen LogP contribution is 2.26. The molecule has 0 saturated carbocycles. The number of halogens is 3. The molecule has 0 aromatic rings. The summed E-state index contributed by atoms with van der Waals surface area (Å²) in [7, 11) is 0. The van der Waals surface area contributed by atoms with Crippen molar-refractivity contribution in [3.8, 4) is 0 Å². The van der Waals surface area contributed by atoms with E-state index in [-0.39, 0.29) is 30.3 Å². The van der Waals surface area contributed by atoms with E-state index < -0.39 is 21.8 Å². The third-order valence-electron chi connectivity index (χ3n) is 4.43. The summed E-state index contributed by atoms with van der Waals surface area (Å²) in [6.07, 6.45) is 1.80. The number of carbonyl (C=O) groups is 3. The molecule has 1 aliphatic heterocycles. The van der Waals surface area contributed by atoms with Crippen LogP contribution >= 0.6 is 34.8 Å². The largest absolute Gasteiger partial charge is 0.460 e. The molecule has 0 aromatic heterocycles. The van der Waals surface area contributed by atoms with Gasteiger partial charge < -0.3 is 10.1 Å². The molecule has 0 aromatic carbocycles. The van der Waals surface area contributed by atoms with Crippen LogP contribution in [0.2, 0.25) is 0 Å². The number of rotatable bonds is 7. The van der Waals surface area contributed by atoms with Gasteiger partial charge in [-0.25, -0.2) is 5.43 Å². The van der Waals surface area contributed by atoms with E-state index in [1.54, 1.807) is 6.92 Å². The molecule has 0 bridgehead atoms. The smallest absolute Gasteiger partial charge is 0.325 e. The average molecular weight is 445 g/mol. The molecule has 1 saturated heterocycles. The summed E-state index contributed by atoms with van der Waals surface area (Å²) in [5, 5.41) is 4.10. The molecule has 1 rings (SSSR count). The van der Waals surface area contributed by atoms with E-state index in [1.807, 2.05) is 20.8 Å². The first kappa shape index (κ1) is 24.3. The molecule has 0 aliphatic carbocycles. The molecular weight excluding hydrogens is 417 g/mol. The number of hydrazine groups is 1. The van der Waals surface area contributed by atoms with Gasteiger partial charge in [0.25, 0.3) is 5.91 Å². The van der Waals surface area contributed by atoms with Crippen molar-refractivity contribution in [2.45, 2.75) is 62.8 Å². The first-order valence-electron chi connectivity index (χ1n) is 9.07. The third-order valence-corrected chi connectivity index (χ3v) is 4.75. The Bertz CT molecular complexity index is 540. The van der Waals surface area contributed by atoms with Crippen LogP contribution < -0.4 is 10.7 Å². The number of hydrogen-bond acceptors (Lipinski definition) is 5. The van der Waals surface area contributed by atoms with Crippen molar-refractivity contribution in [3.05, 3.63) is 0 Å². The lowest BCUT2D eigenvalue weighted by atomic mass is 9.92. The minimum absolute atomic E-state index is 0.149. The summed E-state index contributed by atoms with van der Waals surface area (Å²) in [5.74, 6) is -1.03. The maximum Gasteiger partial charge on any atom is 0.325 e. The van der Waals surface area contributed by atoms with Crippen LogP contribution in [0.15, 0.2) is 0 Å². The standard InChI is InChI=1S/C17H28Cl3N3O4/c1-5-12(10(2)3)14(24)21-11(4)15(25)23-8-6-7-13(22-23)16(26)27-9-17(18,19)20/h10-13,22H,5-9H2,1-4H3,(H,21,24)/t11-,12-,13-/m0/s1. The third kappa shape index (κ3) is 8.02. The zero-order chi connectivity index (χ0) is 20.8. The lowest BCUT2D eigenvalue weighted by Crippen LogP contribution is -2.59. The molecular formula is C17H28Cl3N3O4. The van der Waals surface area contributed by atoms with Gasteiger partial charge in [-0.05, 0) is 32.1 Å². The van der Waals surface area contributed by atoms with Gasteiger partial charge in [0.2, 0.25) is 9.70 Å². The van der Waals surface area contributed by atoms with Crippen molar-refractivity contribution in [2.24, 2.45) is 11.8 Å². The second-order valence-corrected chi connectivity index (χ2v) is 9.54. The van der Waals surface area contributed by atoms with E-state index in [2.05, 4.69) is 10.7 Å². The van der Waals surface area contributed by atoms with Crippen molar-refractivity contribution in [3.63, 3.8) is 0 Å². The number of amides is 2. The van der Waals surface area contributed by atoms with Crippen LogP contribution in [-0.4, -0.2) is 51.8 Å². The number of nitrogens with one attached hydrogen (secondary N) is 2. The SMILES string of the molecule is CC[C@H](C(=O)N[C@@H](C)C(=O)N1CCC[C@@H](C(=O)OCC(Cl)(Cl)Cl)N1)C(C)C. The Morgan fingerprint density at radius 2 is 1.89 bits per heavy atom. The fourth-order valence-corrected chi connectivity index (χ4v) is 3.11. The zero-order valence-electron chi connectivity index (χ0n) is 16.1. The molecule has 3 atom stereocenters. The van der Waals surface area contributed by atoms with Gasteiger partial charge in [0, 0.05) is 12.5 Å². The molecule has 1 heterocycles. The molecule has 7 nitrogen and oxygen atoms in total. The van der Waals surface area contributed by atoms with Gasteiger partial charge in [0.05, 0.1) is 0 Å². The predicted octanol–water partition coefficient (Wildman–Crippen LogP) is 2.58. The van der Waals surface area contributed by atoms with Crippen LogP contribution in [0.25, 0.3) is 0 Å². The fraction of sp³-hybridized carbons (Fsp3) is 0.824. The highest BCUT2D eigenvalue weighted by molar-refractivity contribution is 6.67. The number of carbonyl (C=O) groups excluding carboxylic acids is 3. The van der Waals surface area contributed by atoms with E-state index in [1.165, 1.54) is 5.01 Å². The van der Waals surface area contributed by atoms with E-state index in [9.17, 15) is 14.4 Å². The lowest BCUT2D eigenvalue weighted by Gasteiger charge is -2.34. The first-order valence-corrected chi connectivity index (χ1v) is 10.2. The second kappa shape index (κ2) is 10.7. The van der Waals surface area contributed by atoms with Crippen molar-refractivity contribution >= 4 is 52.6 Å². The number of nitrogens with zero attached hydrogens (tertiary/aromatic N) is 1. The number of esters is 1. The van der Waals surface area contributed by atoms with E-state index in [4.69, 9.17) is 39.5 Å². The van der Waals surface area contributed by atoms with E-state index >= 15 is 0 Å². The normalized spacial score (nSPS) is 20.1. The van der Waals surface area contributed by atoms with Crippen molar-refractivity contribution < 1.29 is 19.1 Å². The molecule has 0 radical (unpaired) electrons. The quantitative estimate of drug-likeness (QED) is 0.465. The molecule has 27 heavy (non-hydrogen) atoms. The van der Waals surface area contributed by atoms with Crippen LogP contribution in [0.1, 0.15) is 47.0 Å². The number of ether oxygens (including phenoxy) is 1. The van der Waals surface area contributed by atoms with Gasteiger partial charge in [-0.3, -0.25) is 19.4 Å². The predicted molar refractivity (Wildman–Crippen MR) is 105 cm³/mol. The maximum absolute atomic E-state index is 12.6. The summed E-state index contributed by atoms with van der Waals surface area (Å²) < 4.78 is 3.28. The van der Waals surface area contributed by atoms with Gasteiger partial charge in [-0.2, -0.15) is 0 Å². The molecule has 2 amide bonds. The van der Waals surface area contributed by atoms with Crippen molar-refractivity contribution in [2.75, 3.05) is 13.2 Å². The average Bonchev–Trinajstić information content (AvgIpc) is 2.58. The molecule has 0 unspecified atom stereocenters. The number of alkyl halides is 3. The Balaban J connectivity index is 2.61. The van der Waals surface area contributed by atoms with Gasteiger partial charge in [0.15, 0.2) is 0 Å².